The van der Waals surface area contributed by atoms with Crippen LogP contribution in [0.1, 0.15) is 0 Å². The molecule has 2 heterocycles. The molecule has 0 radical (unpaired) electrons. The van der Waals surface area contributed by atoms with Gasteiger partial charge in [-0.25, -0.2) is 9.97 Å². The summed E-state index contributed by atoms with van der Waals surface area (Å²) in [5.74, 6) is 0. The molecular weight excluding hydrogens is 626 g/mol. The Kier molecular flexibility index (Phi) is 7.69. The van der Waals surface area contributed by atoms with E-state index in [1.165, 1.54) is 0 Å². The molecule has 0 fully saturated rings. The summed E-state index contributed by atoms with van der Waals surface area (Å²) in [6.07, 6.45) is 0. The van der Waals surface area contributed by atoms with Gasteiger partial charge in [-0.3, -0.25) is 0 Å². The Morgan fingerprint density at radius 2 is 0.604 bits per heavy atom. The Bertz CT molecular complexity index is 2240. The third-order valence-corrected chi connectivity index (χ3v) is 14.7. The Labute approximate surface area is 279 Å². The molecule has 0 saturated carbocycles. The molecule has 48 heavy (non-hydrogen) atoms. The molecular formula is C42H30N2O2P2. The van der Waals surface area contributed by atoms with E-state index in [9.17, 15) is 0 Å². The Morgan fingerprint density at radius 1 is 0.333 bits per heavy atom. The standard InChI is InChI=1S/C42H30N2O2P2/c45-47(33-19-5-1-6-20-33,34-21-7-2-8-22-34)39-29-31-17-13-15-27-37(31)41(43-39)42-38-28-16-14-18-32(38)30-40(44-42)48(46,35-23-9-3-10-24-35)36-25-11-4-12-26-36/h1-30H. The number of pyridine rings is 2. The first kappa shape index (κ1) is 30.0. The fourth-order valence-electron chi connectivity index (χ4n) is 6.43. The molecule has 0 aliphatic heterocycles. The van der Waals surface area contributed by atoms with Crippen molar-refractivity contribution in [3.8, 4) is 11.4 Å². The van der Waals surface area contributed by atoms with Gasteiger partial charge >= 0.3 is 0 Å². The first-order valence-corrected chi connectivity index (χ1v) is 19.2. The van der Waals surface area contributed by atoms with Crippen molar-refractivity contribution in [2.24, 2.45) is 0 Å². The smallest absolute Gasteiger partial charge is 0.188 e. The lowest BCUT2D eigenvalue weighted by molar-refractivity contribution is 0.591. The van der Waals surface area contributed by atoms with Crippen molar-refractivity contribution in [3.63, 3.8) is 0 Å². The van der Waals surface area contributed by atoms with Crippen molar-refractivity contribution in [1.29, 1.82) is 0 Å². The van der Waals surface area contributed by atoms with E-state index in [1.54, 1.807) is 0 Å². The van der Waals surface area contributed by atoms with E-state index in [0.717, 1.165) is 21.5 Å². The van der Waals surface area contributed by atoms with Gasteiger partial charge in [-0.15, -0.1) is 0 Å². The molecule has 0 unspecified atom stereocenters. The Hall–Kier alpha value is -5.40. The maximum absolute atomic E-state index is 15.6. The summed E-state index contributed by atoms with van der Waals surface area (Å²) < 4.78 is 31.2. The van der Waals surface area contributed by atoms with Gasteiger partial charge in [0, 0.05) is 32.0 Å². The van der Waals surface area contributed by atoms with Gasteiger partial charge in [0.15, 0.2) is 14.3 Å². The Balaban J connectivity index is 1.47. The zero-order valence-corrected chi connectivity index (χ0v) is 27.7. The average molecular weight is 657 g/mol. The molecule has 0 amide bonds. The van der Waals surface area contributed by atoms with Crippen LogP contribution in [0.3, 0.4) is 0 Å². The normalized spacial score (nSPS) is 11.9. The van der Waals surface area contributed by atoms with Gasteiger partial charge in [0.2, 0.25) is 0 Å². The van der Waals surface area contributed by atoms with E-state index in [2.05, 4.69) is 0 Å². The van der Waals surface area contributed by atoms with Crippen molar-refractivity contribution in [3.05, 3.63) is 182 Å². The molecule has 0 aliphatic rings. The lowest BCUT2D eigenvalue weighted by Crippen LogP contribution is -2.28. The first-order valence-electron chi connectivity index (χ1n) is 15.8. The van der Waals surface area contributed by atoms with Crippen LogP contribution >= 0.6 is 14.3 Å². The predicted octanol–water partition coefficient (Wildman–Crippen LogP) is 7.73. The topological polar surface area (TPSA) is 59.9 Å². The van der Waals surface area contributed by atoms with Crippen LogP contribution in [-0.4, -0.2) is 9.97 Å². The minimum Gasteiger partial charge on any atom is -0.307 e. The molecule has 0 spiro atoms. The number of hydrogen-bond acceptors (Lipinski definition) is 4. The number of hydrogen-bond donors (Lipinski definition) is 0. The van der Waals surface area contributed by atoms with Crippen molar-refractivity contribution in [2.75, 3.05) is 0 Å². The first-order chi connectivity index (χ1) is 23.6. The van der Waals surface area contributed by atoms with Crippen LogP contribution in [0.2, 0.25) is 0 Å². The Morgan fingerprint density at radius 3 is 0.917 bits per heavy atom. The van der Waals surface area contributed by atoms with Gasteiger partial charge in [0.05, 0.1) is 11.4 Å². The number of fused-ring (bicyclic) bond motifs is 2. The van der Waals surface area contributed by atoms with Crippen LogP contribution in [0.25, 0.3) is 32.9 Å². The van der Waals surface area contributed by atoms with Crippen LogP contribution in [0.4, 0.5) is 0 Å². The minimum atomic E-state index is -3.42. The summed E-state index contributed by atoms with van der Waals surface area (Å²) in [6, 6.07) is 58.2. The van der Waals surface area contributed by atoms with Gasteiger partial charge in [0.1, 0.15) is 10.9 Å². The number of nitrogens with zero attached hydrogens (tertiary/aromatic N) is 2. The summed E-state index contributed by atoms with van der Waals surface area (Å²) in [6.45, 7) is 0. The summed E-state index contributed by atoms with van der Waals surface area (Å²) in [5, 5.41) is 6.35. The highest BCUT2D eigenvalue weighted by atomic mass is 31.2. The molecule has 4 nitrogen and oxygen atoms in total. The zero-order valence-electron chi connectivity index (χ0n) is 25.9. The fraction of sp³-hybridized carbons (Fsp3) is 0. The van der Waals surface area contributed by atoms with E-state index < -0.39 is 14.3 Å². The van der Waals surface area contributed by atoms with Crippen molar-refractivity contribution < 1.29 is 9.13 Å². The van der Waals surface area contributed by atoms with Crippen LogP contribution in [0.15, 0.2) is 182 Å². The molecule has 8 rings (SSSR count). The molecule has 0 N–H and O–H groups in total. The van der Waals surface area contributed by atoms with Crippen LogP contribution in [0.5, 0.6) is 0 Å². The zero-order chi connectivity index (χ0) is 32.6. The molecule has 230 valence electrons. The molecule has 0 atom stereocenters. The minimum absolute atomic E-state index is 0.471. The number of aromatic nitrogens is 2. The largest absolute Gasteiger partial charge is 0.307 e. The SMILES string of the molecule is O=P(c1ccccc1)(c1ccccc1)c1cc2ccccc2c(-c2nc(P(=O)(c3ccccc3)c3ccccc3)cc3ccccc23)n1. The lowest BCUT2D eigenvalue weighted by atomic mass is 10.0. The third kappa shape index (κ3) is 5.02. The van der Waals surface area contributed by atoms with Crippen LogP contribution in [0, 0.1) is 0 Å². The van der Waals surface area contributed by atoms with Gasteiger partial charge in [-0.2, -0.15) is 0 Å². The molecule has 0 bridgehead atoms. The monoisotopic (exact) mass is 656 g/mol. The number of rotatable bonds is 7. The van der Waals surface area contributed by atoms with Crippen LogP contribution in [-0.2, 0) is 9.13 Å². The third-order valence-electron chi connectivity index (χ3n) is 8.80. The van der Waals surface area contributed by atoms with Crippen molar-refractivity contribution in [1.82, 2.24) is 9.97 Å². The maximum atomic E-state index is 15.6. The van der Waals surface area contributed by atoms with Crippen LogP contribution < -0.4 is 32.1 Å². The summed E-state index contributed by atoms with van der Waals surface area (Å²) in [4.78, 5) is 10.6. The van der Waals surface area contributed by atoms with Crippen molar-refractivity contribution in [2.45, 2.75) is 0 Å². The van der Waals surface area contributed by atoms with E-state index in [1.807, 2.05) is 182 Å². The highest BCUT2D eigenvalue weighted by Crippen LogP contribution is 2.45. The highest BCUT2D eigenvalue weighted by molar-refractivity contribution is 7.85. The van der Waals surface area contributed by atoms with Gasteiger partial charge in [-0.05, 0) is 22.9 Å². The lowest BCUT2D eigenvalue weighted by Gasteiger charge is -2.22. The fourth-order valence-corrected chi connectivity index (χ4v) is 11.6. The van der Waals surface area contributed by atoms with E-state index in [-0.39, 0.29) is 0 Å². The quantitative estimate of drug-likeness (QED) is 0.165. The second kappa shape index (κ2) is 12.3. The molecule has 0 aliphatic carbocycles. The average Bonchev–Trinajstić information content (AvgIpc) is 3.17. The van der Waals surface area contributed by atoms with E-state index in [0.29, 0.717) is 43.5 Å². The number of benzene rings is 6. The molecule has 8 aromatic rings. The van der Waals surface area contributed by atoms with Gasteiger partial charge in [-0.1, -0.05) is 170 Å². The predicted molar refractivity (Wildman–Crippen MR) is 201 cm³/mol. The molecule has 2 aromatic heterocycles. The molecule has 0 saturated heterocycles. The second-order valence-electron chi connectivity index (χ2n) is 11.7. The second-order valence-corrected chi connectivity index (χ2v) is 17.1. The maximum Gasteiger partial charge on any atom is 0.188 e. The molecule has 6 aromatic carbocycles. The molecule has 6 heteroatoms. The van der Waals surface area contributed by atoms with E-state index in [4.69, 9.17) is 9.97 Å². The highest BCUT2D eigenvalue weighted by Gasteiger charge is 2.34. The van der Waals surface area contributed by atoms with E-state index >= 15 is 9.13 Å². The van der Waals surface area contributed by atoms with Gasteiger partial charge < -0.3 is 9.13 Å². The van der Waals surface area contributed by atoms with Crippen molar-refractivity contribution >= 4 is 67.9 Å². The summed E-state index contributed by atoms with van der Waals surface area (Å²) >= 11 is 0. The summed E-state index contributed by atoms with van der Waals surface area (Å²) in [5.41, 5.74) is 2.14. The van der Waals surface area contributed by atoms with Gasteiger partial charge in [0.25, 0.3) is 0 Å². The summed E-state index contributed by atoms with van der Waals surface area (Å²) in [7, 11) is -6.84.